The van der Waals surface area contributed by atoms with E-state index in [-0.39, 0.29) is 11.9 Å². The molecule has 2 unspecified atom stereocenters. The third kappa shape index (κ3) is 2.03. The number of nitrogens with two attached hydrogens (primary N) is 1. The van der Waals surface area contributed by atoms with Crippen molar-refractivity contribution in [1.82, 2.24) is 0 Å². The van der Waals surface area contributed by atoms with Crippen LogP contribution in [0.15, 0.2) is 18.2 Å². The molecule has 1 heterocycles. The van der Waals surface area contributed by atoms with Gasteiger partial charge in [-0.1, -0.05) is 6.07 Å². The van der Waals surface area contributed by atoms with E-state index in [1.54, 1.807) is 12.1 Å². The van der Waals surface area contributed by atoms with Gasteiger partial charge in [0.25, 0.3) is 0 Å². The average Bonchev–Trinajstić information content (AvgIpc) is 2.69. The van der Waals surface area contributed by atoms with Crippen LogP contribution in [0.1, 0.15) is 23.7 Å². The van der Waals surface area contributed by atoms with Crippen molar-refractivity contribution in [1.29, 1.82) is 0 Å². The highest BCUT2D eigenvalue weighted by Crippen LogP contribution is 2.35. The van der Waals surface area contributed by atoms with Gasteiger partial charge in [-0.05, 0) is 43.1 Å². The summed E-state index contributed by atoms with van der Waals surface area (Å²) in [6.45, 7) is 3.30. The zero-order valence-corrected chi connectivity index (χ0v) is 8.87. The van der Waals surface area contributed by atoms with Gasteiger partial charge in [0, 0.05) is 12.5 Å². The van der Waals surface area contributed by atoms with Crippen molar-refractivity contribution in [2.24, 2.45) is 11.7 Å². The lowest BCUT2D eigenvalue weighted by Crippen LogP contribution is -2.18. The smallest absolute Gasteiger partial charge is 0.123 e. The molecule has 0 aromatic heterocycles. The standard InChI is InChI=1S/C12H16FNO/c1-8-2-3-10(13)6-11(8)12-9(7-14)4-5-15-12/h2-3,6,9,12H,4-5,7,14H2,1H3. The van der Waals surface area contributed by atoms with E-state index < -0.39 is 0 Å². The second-order valence-corrected chi connectivity index (χ2v) is 4.08. The highest BCUT2D eigenvalue weighted by atomic mass is 19.1. The highest BCUT2D eigenvalue weighted by Gasteiger charge is 2.29. The molecule has 82 valence electrons. The number of aryl methyl sites for hydroxylation is 1. The number of halogens is 1. The summed E-state index contributed by atoms with van der Waals surface area (Å²) in [7, 11) is 0. The highest BCUT2D eigenvalue weighted by molar-refractivity contribution is 5.29. The Hall–Kier alpha value is -0.930. The lowest BCUT2D eigenvalue weighted by Gasteiger charge is -2.19. The number of benzene rings is 1. The van der Waals surface area contributed by atoms with Crippen LogP contribution in [0, 0.1) is 18.7 Å². The lowest BCUT2D eigenvalue weighted by atomic mass is 9.92. The largest absolute Gasteiger partial charge is 0.373 e. The summed E-state index contributed by atoms with van der Waals surface area (Å²) in [5.41, 5.74) is 7.69. The molecule has 1 saturated heterocycles. The Labute approximate surface area is 89.2 Å². The molecule has 1 aromatic carbocycles. The normalized spacial score (nSPS) is 25.8. The SMILES string of the molecule is Cc1ccc(F)cc1C1OCCC1CN. The first-order chi connectivity index (χ1) is 7.22. The van der Waals surface area contributed by atoms with E-state index in [4.69, 9.17) is 10.5 Å². The van der Waals surface area contributed by atoms with Crippen LogP contribution in [0.2, 0.25) is 0 Å². The number of hydrogen-bond acceptors (Lipinski definition) is 2. The minimum Gasteiger partial charge on any atom is -0.373 e. The molecule has 1 fully saturated rings. The molecule has 0 aliphatic carbocycles. The molecule has 2 N–H and O–H groups in total. The first-order valence-electron chi connectivity index (χ1n) is 5.30. The lowest BCUT2D eigenvalue weighted by molar-refractivity contribution is 0.0917. The fraction of sp³-hybridized carbons (Fsp3) is 0.500. The van der Waals surface area contributed by atoms with Crippen molar-refractivity contribution in [3.63, 3.8) is 0 Å². The summed E-state index contributed by atoms with van der Waals surface area (Å²) < 4.78 is 18.8. The number of ether oxygens (including phenoxy) is 1. The monoisotopic (exact) mass is 209 g/mol. The zero-order chi connectivity index (χ0) is 10.8. The maximum absolute atomic E-state index is 13.1. The summed E-state index contributed by atoms with van der Waals surface area (Å²) in [5, 5.41) is 0. The zero-order valence-electron chi connectivity index (χ0n) is 8.87. The van der Waals surface area contributed by atoms with Crippen LogP contribution in [0.5, 0.6) is 0 Å². The summed E-state index contributed by atoms with van der Waals surface area (Å²) in [5.74, 6) is 0.118. The number of rotatable bonds is 2. The van der Waals surface area contributed by atoms with Crippen LogP contribution in [0.4, 0.5) is 4.39 Å². The molecule has 15 heavy (non-hydrogen) atoms. The Bertz CT molecular complexity index is 353. The van der Waals surface area contributed by atoms with Crippen LogP contribution in [0.25, 0.3) is 0 Å². The molecule has 1 aromatic rings. The van der Waals surface area contributed by atoms with Crippen molar-refractivity contribution in [2.45, 2.75) is 19.4 Å². The second-order valence-electron chi connectivity index (χ2n) is 4.08. The van der Waals surface area contributed by atoms with E-state index in [1.807, 2.05) is 6.92 Å². The van der Waals surface area contributed by atoms with E-state index in [1.165, 1.54) is 6.07 Å². The van der Waals surface area contributed by atoms with Gasteiger partial charge in [0.1, 0.15) is 5.82 Å². The van der Waals surface area contributed by atoms with Gasteiger partial charge in [0.2, 0.25) is 0 Å². The van der Waals surface area contributed by atoms with Crippen molar-refractivity contribution >= 4 is 0 Å². The summed E-state index contributed by atoms with van der Waals surface area (Å²) in [6.07, 6.45) is 0.947. The Morgan fingerprint density at radius 3 is 3.07 bits per heavy atom. The molecule has 2 rings (SSSR count). The maximum atomic E-state index is 13.1. The predicted octanol–water partition coefficient (Wildman–Crippen LogP) is 2.17. The fourth-order valence-electron chi connectivity index (χ4n) is 2.14. The van der Waals surface area contributed by atoms with Gasteiger partial charge in [-0.25, -0.2) is 4.39 Å². The van der Waals surface area contributed by atoms with Crippen molar-refractivity contribution < 1.29 is 9.13 Å². The van der Waals surface area contributed by atoms with Crippen LogP contribution < -0.4 is 5.73 Å². The number of hydrogen-bond donors (Lipinski definition) is 1. The van der Waals surface area contributed by atoms with Gasteiger partial charge in [0.05, 0.1) is 6.10 Å². The first-order valence-corrected chi connectivity index (χ1v) is 5.30. The molecular weight excluding hydrogens is 193 g/mol. The fourth-order valence-corrected chi connectivity index (χ4v) is 2.14. The van der Waals surface area contributed by atoms with Gasteiger partial charge < -0.3 is 10.5 Å². The molecule has 0 bridgehead atoms. The molecule has 3 heteroatoms. The molecule has 1 aliphatic heterocycles. The summed E-state index contributed by atoms with van der Waals surface area (Å²) in [4.78, 5) is 0. The third-order valence-electron chi connectivity index (χ3n) is 3.06. The molecule has 2 nitrogen and oxygen atoms in total. The Morgan fingerprint density at radius 1 is 1.53 bits per heavy atom. The molecular formula is C12H16FNO. The van der Waals surface area contributed by atoms with E-state index >= 15 is 0 Å². The molecule has 0 saturated carbocycles. The second kappa shape index (κ2) is 4.29. The maximum Gasteiger partial charge on any atom is 0.123 e. The quantitative estimate of drug-likeness (QED) is 0.810. The van der Waals surface area contributed by atoms with Crippen LogP contribution in [-0.4, -0.2) is 13.2 Å². The van der Waals surface area contributed by atoms with Crippen LogP contribution in [0.3, 0.4) is 0 Å². The van der Waals surface area contributed by atoms with Crippen molar-refractivity contribution in [3.8, 4) is 0 Å². The minimum atomic E-state index is -0.207. The van der Waals surface area contributed by atoms with Gasteiger partial charge in [-0.15, -0.1) is 0 Å². The topological polar surface area (TPSA) is 35.2 Å². The van der Waals surface area contributed by atoms with Crippen LogP contribution in [-0.2, 0) is 4.74 Å². The van der Waals surface area contributed by atoms with E-state index in [9.17, 15) is 4.39 Å². The average molecular weight is 209 g/mol. The van der Waals surface area contributed by atoms with Crippen molar-refractivity contribution in [3.05, 3.63) is 35.1 Å². The van der Waals surface area contributed by atoms with Gasteiger partial charge in [-0.2, -0.15) is 0 Å². The summed E-state index contributed by atoms with van der Waals surface area (Å²) >= 11 is 0. The Morgan fingerprint density at radius 2 is 2.33 bits per heavy atom. The van der Waals surface area contributed by atoms with E-state index in [0.29, 0.717) is 12.5 Å². The molecule has 0 amide bonds. The van der Waals surface area contributed by atoms with Crippen LogP contribution >= 0.6 is 0 Å². The molecule has 2 atom stereocenters. The van der Waals surface area contributed by atoms with Gasteiger partial charge >= 0.3 is 0 Å². The summed E-state index contributed by atoms with van der Waals surface area (Å²) in [6, 6.07) is 4.83. The molecule has 1 aliphatic rings. The van der Waals surface area contributed by atoms with Gasteiger partial charge in [-0.3, -0.25) is 0 Å². The van der Waals surface area contributed by atoms with Gasteiger partial charge in [0.15, 0.2) is 0 Å². The van der Waals surface area contributed by atoms with E-state index in [2.05, 4.69) is 0 Å². The first kappa shape index (κ1) is 10.6. The molecule has 0 spiro atoms. The third-order valence-corrected chi connectivity index (χ3v) is 3.06. The predicted molar refractivity (Wildman–Crippen MR) is 57.0 cm³/mol. The molecule has 0 radical (unpaired) electrons. The Balaban J connectivity index is 2.31. The van der Waals surface area contributed by atoms with Crippen molar-refractivity contribution in [2.75, 3.05) is 13.2 Å². The Kier molecular flexibility index (Phi) is 3.03. The minimum absolute atomic E-state index is 0.0225. The van der Waals surface area contributed by atoms with E-state index in [0.717, 1.165) is 24.2 Å².